The molecule has 4 nitrogen and oxygen atoms in total. The van der Waals surface area contributed by atoms with Crippen molar-refractivity contribution in [3.63, 3.8) is 0 Å². The molecular formula is C17H33N3O. The third kappa shape index (κ3) is 4.96. The van der Waals surface area contributed by atoms with Crippen LogP contribution in [-0.4, -0.2) is 61.0 Å². The van der Waals surface area contributed by atoms with Crippen molar-refractivity contribution in [2.75, 3.05) is 39.3 Å². The molecule has 122 valence electrons. The quantitative estimate of drug-likeness (QED) is 0.762. The van der Waals surface area contributed by atoms with Gasteiger partial charge in [-0.2, -0.15) is 0 Å². The van der Waals surface area contributed by atoms with Crippen molar-refractivity contribution in [2.45, 2.75) is 58.4 Å². The van der Waals surface area contributed by atoms with Crippen LogP contribution in [0.15, 0.2) is 0 Å². The van der Waals surface area contributed by atoms with Gasteiger partial charge in [0.05, 0.1) is 6.04 Å². The molecule has 1 N–H and O–H groups in total. The normalized spacial score (nSPS) is 23.2. The van der Waals surface area contributed by atoms with E-state index in [1.807, 2.05) is 0 Å². The number of rotatable bonds is 6. The summed E-state index contributed by atoms with van der Waals surface area (Å²) in [7, 11) is 0. The lowest BCUT2D eigenvalue weighted by atomic mass is 9.95. The van der Waals surface area contributed by atoms with Gasteiger partial charge in [0.25, 0.3) is 0 Å². The van der Waals surface area contributed by atoms with Gasteiger partial charge in [-0.25, -0.2) is 0 Å². The second-order valence-corrected chi connectivity index (χ2v) is 6.75. The second kappa shape index (κ2) is 8.74. The summed E-state index contributed by atoms with van der Waals surface area (Å²) in [6, 6.07) is 0.0765. The molecule has 21 heavy (non-hydrogen) atoms. The largest absolute Gasteiger partial charge is 0.341 e. The van der Waals surface area contributed by atoms with E-state index in [9.17, 15) is 4.79 Å². The molecule has 1 unspecified atom stereocenters. The minimum Gasteiger partial charge on any atom is -0.341 e. The maximum atomic E-state index is 12.6. The highest BCUT2D eigenvalue weighted by Gasteiger charge is 2.29. The number of nitrogens with zero attached hydrogens (tertiary/aromatic N) is 2. The summed E-state index contributed by atoms with van der Waals surface area (Å²) in [6.45, 7) is 10.7. The molecule has 4 heteroatoms. The number of hydrogen-bond donors (Lipinski definition) is 1. The Morgan fingerprint density at radius 2 is 1.81 bits per heavy atom. The Morgan fingerprint density at radius 1 is 1.14 bits per heavy atom. The van der Waals surface area contributed by atoms with E-state index < -0.39 is 0 Å². The predicted octanol–water partition coefficient (Wildman–Crippen LogP) is 2.10. The van der Waals surface area contributed by atoms with E-state index in [0.29, 0.717) is 5.91 Å². The predicted molar refractivity (Wildman–Crippen MR) is 87.4 cm³/mol. The van der Waals surface area contributed by atoms with Crippen molar-refractivity contribution in [1.29, 1.82) is 0 Å². The van der Waals surface area contributed by atoms with Crippen LogP contribution in [0.1, 0.15) is 52.4 Å². The fourth-order valence-electron chi connectivity index (χ4n) is 3.56. The van der Waals surface area contributed by atoms with Gasteiger partial charge in [-0.1, -0.05) is 6.92 Å². The zero-order valence-corrected chi connectivity index (χ0v) is 13.9. The highest BCUT2D eigenvalue weighted by atomic mass is 16.2. The van der Waals surface area contributed by atoms with Crippen LogP contribution in [0.2, 0.25) is 0 Å². The third-order valence-electron chi connectivity index (χ3n) is 5.08. The number of hydrogen-bond acceptors (Lipinski definition) is 3. The Kier molecular flexibility index (Phi) is 6.97. The van der Waals surface area contributed by atoms with Gasteiger partial charge < -0.3 is 10.2 Å². The summed E-state index contributed by atoms with van der Waals surface area (Å²) in [5.74, 6) is 1.15. The van der Waals surface area contributed by atoms with Crippen LogP contribution < -0.4 is 5.32 Å². The molecule has 2 heterocycles. The fraction of sp³-hybridized carbons (Fsp3) is 0.941. The molecule has 0 bridgehead atoms. The molecule has 0 aliphatic carbocycles. The number of amides is 1. The van der Waals surface area contributed by atoms with E-state index in [0.717, 1.165) is 45.2 Å². The number of carbonyl (C=O) groups is 1. The van der Waals surface area contributed by atoms with Crippen LogP contribution in [0.25, 0.3) is 0 Å². The molecule has 1 atom stereocenters. The molecule has 2 rings (SSSR count). The Balaban J connectivity index is 1.71. The second-order valence-electron chi connectivity index (χ2n) is 6.75. The molecule has 2 saturated heterocycles. The molecule has 0 spiro atoms. The van der Waals surface area contributed by atoms with Crippen molar-refractivity contribution in [1.82, 2.24) is 15.1 Å². The molecule has 2 fully saturated rings. The zero-order chi connectivity index (χ0) is 15.1. The molecule has 2 aliphatic rings. The van der Waals surface area contributed by atoms with Gasteiger partial charge in [-0.3, -0.25) is 9.69 Å². The molecular weight excluding hydrogens is 262 g/mol. The van der Waals surface area contributed by atoms with Crippen LogP contribution in [0, 0.1) is 5.92 Å². The summed E-state index contributed by atoms with van der Waals surface area (Å²) in [5.41, 5.74) is 0. The minimum absolute atomic E-state index is 0.0765. The van der Waals surface area contributed by atoms with Crippen LogP contribution in [0.3, 0.4) is 0 Å². The van der Waals surface area contributed by atoms with E-state index >= 15 is 0 Å². The first kappa shape index (κ1) is 16.8. The lowest BCUT2D eigenvalue weighted by Crippen LogP contribution is -2.51. The first-order valence-corrected chi connectivity index (χ1v) is 8.96. The van der Waals surface area contributed by atoms with Crippen molar-refractivity contribution < 1.29 is 4.79 Å². The summed E-state index contributed by atoms with van der Waals surface area (Å²) in [6.07, 6.45) is 7.32. The van der Waals surface area contributed by atoms with Crippen LogP contribution >= 0.6 is 0 Å². The first-order valence-electron chi connectivity index (χ1n) is 8.96. The number of piperidine rings is 2. The summed E-state index contributed by atoms with van der Waals surface area (Å²) in [4.78, 5) is 17.0. The first-order chi connectivity index (χ1) is 10.2. The minimum atomic E-state index is 0.0765. The number of carbonyl (C=O) groups excluding carboxylic acids is 1. The highest BCUT2D eigenvalue weighted by Crippen LogP contribution is 2.20. The molecule has 0 aromatic heterocycles. The lowest BCUT2D eigenvalue weighted by Gasteiger charge is -2.38. The Hall–Kier alpha value is -0.610. The smallest absolute Gasteiger partial charge is 0.239 e. The van der Waals surface area contributed by atoms with Gasteiger partial charge in [-0.15, -0.1) is 0 Å². The van der Waals surface area contributed by atoms with Crippen molar-refractivity contribution in [3.05, 3.63) is 0 Å². The monoisotopic (exact) mass is 295 g/mol. The zero-order valence-electron chi connectivity index (χ0n) is 13.9. The summed E-state index contributed by atoms with van der Waals surface area (Å²) >= 11 is 0. The fourth-order valence-corrected chi connectivity index (χ4v) is 3.56. The summed E-state index contributed by atoms with van der Waals surface area (Å²) in [5, 5.41) is 3.53. The van der Waals surface area contributed by atoms with Gasteiger partial charge in [0, 0.05) is 13.1 Å². The Labute approximate surface area is 130 Å². The molecule has 2 aliphatic heterocycles. The van der Waals surface area contributed by atoms with Gasteiger partial charge in [-0.05, 0) is 77.5 Å². The van der Waals surface area contributed by atoms with E-state index in [-0.39, 0.29) is 6.04 Å². The van der Waals surface area contributed by atoms with Crippen LogP contribution in [0.4, 0.5) is 0 Å². The van der Waals surface area contributed by atoms with Gasteiger partial charge in [0.1, 0.15) is 0 Å². The van der Waals surface area contributed by atoms with E-state index in [2.05, 4.69) is 29.0 Å². The van der Waals surface area contributed by atoms with E-state index in [1.165, 1.54) is 38.5 Å². The topological polar surface area (TPSA) is 35.6 Å². The standard InChI is InChI=1S/C17H33N3O/c1-3-9-18-14-16-7-12-19(13-8-16)15(2)17(21)20-10-5-4-6-11-20/h15-16,18H,3-14H2,1-2H3. The maximum Gasteiger partial charge on any atom is 0.239 e. The van der Waals surface area contributed by atoms with Crippen LogP contribution in [-0.2, 0) is 4.79 Å². The molecule has 0 saturated carbocycles. The maximum absolute atomic E-state index is 12.6. The van der Waals surface area contributed by atoms with Gasteiger partial charge in [0.15, 0.2) is 0 Å². The molecule has 0 aromatic carbocycles. The van der Waals surface area contributed by atoms with Gasteiger partial charge >= 0.3 is 0 Å². The van der Waals surface area contributed by atoms with Gasteiger partial charge in [0.2, 0.25) is 5.91 Å². The average molecular weight is 295 g/mol. The van der Waals surface area contributed by atoms with Crippen molar-refractivity contribution in [3.8, 4) is 0 Å². The Bertz CT molecular complexity index is 307. The number of likely N-dealkylation sites (tertiary alicyclic amines) is 2. The van der Waals surface area contributed by atoms with Crippen LogP contribution in [0.5, 0.6) is 0 Å². The van der Waals surface area contributed by atoms with E-state index in [1.54, 1.807) is 0 Å². The molecule has 0 aromatic rings. The van der Waals surface area contributed by atoms with E-state index in [4.69, 9.17) is 0 Å². The molecule has 0 radical (unpaired) electrons. The Morgan fingerprint density at radius 3 is 2.43 bits per heavy atom. The highest BCUT2D eigenvalue weighted by molar-refractivity contribution is 5.81. The van der Waals surface area contributed by atoms with Crippen molar-refractivity contribution in [2.24, 2.45) is 5.92 Å². The third-order valence-corrected chi connectivity index (χ3v) is 5.08. The average Bonchev–Trinajstić information content (AvgIpc) is 2.55. The molecule has 1 amide bonds. The number of nitrogens with one attached hydrogen (secondary N) is 1. The van der Waals surface area contributed by atoms with Crippen molar-refractivity contribution >= 4 is 5.91 Å². The SMILES string of the molecule is CCCNCC1CCN(C(C)C(=O)N2CCCCC2)CC1. The lowest BCUT2D eigenvalue weighted by molar-refractivity contribution is -0.137. The summed E-state index contributed by atoms with van der Waals surface area (Å²) < 4.78 is 0.